The molecule has 3 fully saturated rings. The Balaban J connectivity index is 0.00000133. The summed E-state index contributed by atoms with van der Waals surface area (Å²) in [5.74, 6) is 0. The van der Waals surface area contributed by atoms with Gasteiger partial charge in [0, 0.05) is 13.1 Å². The van der Waals surface area contributed by atoms with Crippen LogP contribution < -0.4 is 0 Å². The summed E-state index contributed by atoms with van der Waals surface area (Å²) < 4.78 is 16.5. The first-order valence-corrected chi connectivity index (χ1v) is 6.12. The fourth-order valence-corrected chi connectivity index (χ4v) is 2.87. The fourth-order valence-electron chi connectivity index (χ4n) is 2.87. The van der Waals surface area contributed by atoms with Crippen molar-refractivity contribution in [2.24, 2.45) is 0 Å². The maximum atomic E-state index is 10.4. The lowest BCUT2D eigenvalue weighted by Gasteiger charge is -2.33. The second kappa shape index (κ2) is 6.19. The van der Waals surface area contributed by atoms with E-state index in [1.165, 1.54) is 0 Å². The number of hydrogen-bond donors (Lipinski definition) is 0. The lowest BCUT2D eigenvalue weighted by molar-refractivity contribution is -0.769. The van der Waals surface area contributed by atoms with Crippen LogP contribution >= 0.6 is 12.4 Å². The van der Waals surface area contributed by atoms with Crippen LogP contribution in [0.15, 0.2) is 0 Å². The molecule has 0 amide bonds. The third-order valence-corrected chi connectivity index (χ3v) is 3.72. The zero-order valence-electron chi connectivity index (χ0n) is 10.3. The van der Waals surface area contributed by atoms with Gasteiger partial charge in [0.2, 0.25) is 0 Å². The summed E-state index contributed by atoms with van der Waals surface area (Å²) in [5, 5.41) is 9.60. The molecule has 8 nitrogen and oxygen atoms in total. The third-order valence-electron chi connectivity index (χ3n) is 3.72. The third kappa shape index (κ3) is 2.92. The van der Waals surface area contributed by atoms with Crippen molar-refractivity contribution in [3.63, 3.8) is 0 Å². The fraction of sp³-hybridized carbons (Fsp3) is 1.00. The lowest BCUT2D eigenvalue weighted by Crippen LogP contribution is -2.49. The summed E-state index contributed by atoms with van der Waals surface area (Å²) >= 11 is 0. The number of halogens is 1. The second-order valence-corrected chi connectivity index (χ2v) is 4.68. The molecule has 0 radical (unpaired) electrons. The maximum absolute atomic E-state index is 10.4. The highest BCUT2D eigenvalue weighted by Crippen LogP contribution is 2.31. The van der Waals surface area contributed by atoms with E-state index in [-0.39, 0.29) is 37.3 Å². The van der Waals surface area contributed by atoms with Crippen molar-refractivity contribution in [1.29, 1.82) is 0 Å². The molecule has 0 unspecified atom stereocenters. The van der Waals surface area contributed by atoms with Crippen molar-refractivity contribution in [3.05, 3.63) is 10.1 Å². The molecule has 4 atom stereocenters. The predicted octanol–water partition coefficient (Wildman–Crippen LogP) is -0.516. The first-order valence-electron chi connectivity index (χ1n) is 6.12. The molecule has 0 saturated carbocycles. The summed E-state index contributed by atoms with van der Waals surface area (Å²) in [5.41, 5.74) is 0. The summed E-state index contributed by atoms with van der Waals surface area (Å²) in [7, 11) is 0. The van der Waals surface area contributed by atoms with Gasteiger partial charge in [0.1, 0.15) is 12.2 Å². The highest BCUT2D eigenvalue weighted by molar-refractivity contribution is 5.85. The Labute approximate surface area is 116 Å². The van der Waals surface area contributed by atoms with Gasteiger partial charge in [-0.3, -0.25) is 4.90 Å². The first-order chi connectivity index (χ1) is 8.75. The molecule has 9 heteroatoms. The van der Waals surface area contributed by atoms with Gasteiger partial charge in [-0.25, -0.2) is 0 Å². The number of morpholine rings is 1. The highest BCUT2D eigenvalue weighted by atomic mass is 35.5. The van der Waals surface area contributed by atoms with Crippen LogP contribution in [0, 0.1) is 10.1 Å². The molecule has 3 heterocycles. The maximum Gasteiger partial charge on any atom is 0.294 e. The van der Waals surface area contributed by atoms with E-state index in [1.54, 1.807) is 0 Å². The zero-order chi connectivity index (χ0) is 12.5. The molecule has 3 saturated heterocycles. The molecule has 3 aliphatic rings. The Bertz CT molecular complexity index is 327. The van der Waals surface area contributed by atoms with Crippen LogP contribution in [0.2, 0.25) is 0 Å². The van der Waals surface area contributed by atoms with E-state index in [0.29, 0.717) is 19.8 Å². The van der Waals surface area contributed by atoms with Crippen LogP contribution in [0.25, 0.3) is 0 Å². The highest BCUT2D eigenvalue weighted by Gasteiger charge is 2.51. The minimum Gasteiger partial charge on any atom is -0.379 e. The van der Waals surface area contributed by atoms with Crippen LogP contribution in [-0.2, 0) is 19.0 Å². The molecule has 0 bridgehead atoms. The van der Waals surface area contributed by atoms with E-state index in [0.717, 1.165) is 13.1 Å². The second-order valence-electron chi connectivity index (χ2n) is 4.68. The average Bonchev–Trinajstić information content (AvgIpc) is 2.93. The van der Waals surface area contributed by atoms with Crippen LogP contribution in [0.5, 0.6) is 0 Å². The Kier molecular flexibility index (Phi) is 4.80. The molecule has 0 aliphatic carbocycles. The van der Waals surface area contributed by atoms with Gasteiger partial charge in [0.25, 0.3) is 5.09 Å². The summed E-state index contributed by atoms with van der Waals surface area (Å²) in [6, 6.07) is 0.152. The Morgan fingerprint density at radius 3 is 2.53 bits per heavy atom. The molecule has 0 aromatic carbocycles. The monoisotopic (exact) mass is 296 g/mol. The summed E-state index contributed by atoms with van der Waals surface area (Å²) in [4.78, 5) is 17.2. The average molecular weight is 297 g/mol. The molecule has 0 N–H and O–H groups in total. The quantitative estimate of drug-likeness (QED) is 0.512. The lowest BCUT2D eigenvalue weighted by atomic mass is 10.1. The zero-order valence-corrected chi connectivity index (χ0v) is 11.1. The SMILES string of the molecule is Cl.O=[N+]([O-])O[C@H]1CO[C@H]2[C@@H]1OC[C@@H]2N1CCOCC1. The van der Waals surface area contributed by atoms with Crippen LogP contribution in [0.3, 0.4) is 0 Å². The number of fused-ring (bicyclic) bond motifs is 1. The molecule has 0 aromatic heterocycles. The molecular formula is C10H17ClN2O6. The first kappa shape index (κ1) is 14.7. The van der Waals surface area contributed by atoms with E-state index in [9.17, 15) is 10.1 Å². The van der Waals surface area contributed by atoms with E-state index in [4.69, 9.17) is 14.2 Å². The van der Waals surface area contributed by atoms with Crippen LogP contribution in [0.1, 0.15) is 0 Å². The van der Waals surface area contributed by atoms with Gasteiger partial charge in [0.05, 0.1) is 32.5 Å². The molecular weight excluding hydrogens is 280 g/mol. The van der Waals surface area contributed by atoms with Gasteiger partial charge >= 0.3 is 0 Å². The Hall–Kier alpha value is -0.670. The molecule has 19 heavy (non-hydrogen) atoms. The molecule has 110 valence electrons. The van der Waals surface area contributed by atoms with Crippen molar-refractivity contribution < 1.29 is 24.1 Å². The van der Waals surface area contributed by atoms with Crippen molar-refractivity contribution in [1.82, 2.24) is 4.90 Å². The van der Waals surface area contributed by atoms with Crippen molar-refractivity contribution in [2.75, 3.05) is 39.5 Å². The van der Waals surface area contributed by atoms with E-state index >= 15 is 0 Å². The summed E-state index contributed by atoms with van der Waals surface area (Å²) in [6.45, 7) is 3.87. The van der Waals surface area contributed by atoms with Crippen molar-refractivity contribution >= 4 is 12.4 Å². The smallest absolute Gasteiger partial charge is 0.294 e. The minimum atomic E-state index is -0.776. The van der Waals surface area contributed by atoms with Crippen molar-refractivity contribution in [3.8, 4) is 0 Å². The number of hydrogen-bond acceptors (Lipinski definition) is 7. The largest absolute Gasteiger partial charge is 0.379 e. The van der Waals surface area contributed by atoms with Gasteiger partial charge in [0.15, 0.2) is 6.10 Å². The van der Waals surface area contributed by atoms with Gasteiger partial charge in [-0.1, -0.05) is 0 Å². The van der Waals surface area contributed by atoms with E-state index in [2.05, 4.69) is 9.74 Å². The Morgan fingerprint density at radius 2 is 1.84 bits per heavy atom. The van der Waals surface area contributed by atoms with E-state index in [1.807, 2.05) is 0 Å². The molecule has 0 spiro atoms. The minimum absolute atomic E-state index is 0. The van der Waals surface area contributed by atoms with E-state index < -0.39 is 11.2 Å². The van der Waals surface area contributed by atoms with Gasteiger partial charge in [-0.15, -0.1) is 22.5 Å². The summed E-state index contributed by atoms with van der Waals surface area (Å²) in [6.07, 6.45) is -1.06. The normalized spacial score (nSPS) is 38.5. The van der Waals surface area contributed by atoms with Crippen molar-refractivity contribution in [2.45, 2.75) is 24.4 Å². The van der Waals surface area contributed by atoms with Gasteiger partial charge < -0.3 is 19.0 Å². The number of nitrogens with zero attached hydrogens (tertiary/aromatic N) is 2. The molecule has 3 rings (SSSR count). The van der Waals surface area contributed by atoms with Crippen LogP contribution in [-0.4, -0.2) is 73.9 Å². The molecule has 3 aliphatic heterocycles. The molecule has 0 aromatic rings. The predicted molar refractivity (Wildman–Crippen MR) is 64.8 cm³/mol. The Morgan fingerprint density at radius 1 is 1.16 bits per heavy atom. The topological polar surface area (TPSA) is 83.3 Å². The number of rotatable bonds is 3. The van der Waals surface area contributed by atoms with Crippen LogP contribution in [0.4, 0.5) is 0 Å². The van der Waals surface area contributed by atoms with Gasteiger partial charge in [-0.2, -0.15) is 0 Å². The number of ether oxygens (including phenoxy) is 3. The van der Waals surface area contributed by atoms with Gasteiger partial charge in [-0.05, 0) is 0 Å². The standard InChI is InChI=1S/C10H16N2O6.ClH/c13-12(14)18-8-6-17-9-7(5-16-10(8)9)11-1-3-15-4-2-11;/h7-10H,1-6H2;1H/t7-,8-,9+,10+;/m0./s1.